The van der Waals surface area contributed by atoms with Crippen LogP contribution in [0.2, 0.25) is 0 Å². The monoisotopic (exact) mass is 287 g/mol. The van der Waals surface area contributed by atoms with Crippen molar-refractivity contribution in [3.05, 3.63) is 23.8 Å². The molecule has 0 bridgehead atoms. The van der Waals surface area contributed by atoms with Crippen LogP contribution in [0.4, 0.5) is 8.78 Å². The second-order valence-electron chi connectivity index (χ2n) is 4.51. The van der Waals surface area contributed by atoms with Crippen LogP contribution in [-0.2, 0) is 4.74 Å². The summed E-state index contributed by atoms with van der Waals surface area (Å²) < 4.78 is 39.5. The first-order valence-corrected chi connectivity index (χ1v) is 6.60. The summed E-state index contributed by atoms with van der Waals surface area (Å²) in [5.41, 5.74) is 1.03. The second kappa shape index (κ2) is 7.40. The van der Waals surface area contributed by atoms with Gasteiger partial charge in [0.1, 0.15) is 18.1 Å². The van der Waals surface area contributed by atoms with E-state index in [-0.39, 0.29) is 12.6 Å². The number of hydrogen-bond donors (Lipinski definition) is 1. The smallest absolute Gasteiger partial charge is 0.261 e. The quantitative estimate of drug-likeness (QED) is 0.782. The van der Waals surface area contributed by atoms with Gasteiger partial charge in [-0.2, -0.15) is 0 Å². The number of rotatable bonds is 7. The van der Waals surface area contributed by atoms with E-state index in [2.05, 4.69) is 5.32 Å². The SMILES string of the molecule is COc1ccc2c(c1)C(NCCOCC(F)F)CCO2. The molecule has 0 aliphatic carbocycles. The van der Waals surface area contributed by atoms with Crippen LogP contribution in [0, 0.1) is 0 Å². The fraction of sp³-hybridized carbons (Fsp3) is 0.571. The predicted molar refractivity (Wildman–Crippen MR) is 70.7 cm³/mol. The highest BCUT2D eigenvalue weighted by Gasteiger charge is 2.21. The summed E-state index contributed by atoms with van der Waals surface area (Å²) in [6.07, 6.45) is -1.59. The van der Waals surface area contributed by atoms with Crippen molar-refractivity contribution in [3.8, 4) is 11.5 Å². The van der Waals surface area contributed by atoms with Crippen molar-refractivity contribution in [2.45, 2.75) is 18.9 Å². The molecule has 1 aromatic carbocycles. The molecule has 1 aliphatic heterocycles. The summed E-state index contributed by atoms with van der Waals surface area (Å²) in [4.78, 5) is 0. The molecule has 1 aliphatic rings. The minimum atomic E-state index is -2.41. The lowest BCUT2D eigenvalue weighted by Gasteiger charge is -2.27. The molecule has 1 N–H and O–H groups in total. The van der Waals surface area contributed by atoms with E-state index in [4.69, 9.17) is 14.2 Å². The normalized spacial score (nSPS) is 17.7. The molecule has 4 nitrogen and oxygen atoms in total. The third-order valence-electron chi connectivity index (χ3n) is 3.14. The van der Waals surface area contributed by atoms with Crippen molar-refractivity contribution >= 4 is 0 Å². The van der Waals surface area contributed by atoms with E-state index in [1.165, 1.54) is 0 Å². The van der Waals surface area contributed by atoms with E-state index >= 15 is 0 Å². The average molecular weight is 287 g/mol. The van der Waals surface area contributed by atoms with E-state index < -0.39 is 13.0 Å². The van der Waals surface area contributed by atoms with Gasteiger partial charge in [0, 0.05) is 24.6 Å². The number of alkyl halides is 2. The second-order valence-corrected chi connectivity index (χ2v) is 4.51. The fourth-order valence-corrected chi connectivity index (χ4v) is 2.19. The zero-order chi connectivity index (χ0) is 14.4. The maximum absolute atomic E-state index is 11.9. The maximum atomic E-state index is 11.9. The number of hydrogen-bond acceptors (Lipinski definition) is 4. The Morgan fingerprint density at radius 3 is 3.05 bits per heavy atom. The molecule has 6 heteroatoms. The zero-order valence-electron chi connectivity index (χ0n) is 11.4. The first-order chi connectivity index (χ1) is 9.70. The molecule has 112 valence electrons. The molecule has 0 radical (unpaired) electrons. The van der Waals surface area contributed by atoms with E-state index in [0.717, 1.165) is 23.5 Å². The minimum Gasteiger partial charge on any atom is -0.497 e. The molecule has 20 heavy (non-hydrogen) atoms. The minimum absolute atomic E-state index is 0.129. The molecule has 2 rings (SSSR count). The van der Waals surface area contributed by atoms with Crippen molar-refractivity contribution in [3.63, 3.8) is 0 Å². The Balaban J connectivity index is 1.87. The van der Waals surface area contributed by atoms with Gasteiger partial charge >= 0.3 is 0 Å². The molecule has 0 aromatic heterocycles. The first-order valence-electron chi connectivity index (χ1n) is 6.60. The van der Waals surface area contributed by atoms with Gasteiger partial charge in [-0.15, -0.1) is 0 Å². The van der Waals surface area contributed by atoms with Crippen LogP contribution in [-0.4, -0.2) is 39.9 Å². The van der Waals surface area contributed by atoms with Gasteiger partial charge in [-0.3, -0.25) is 0 Å². The Hall–Kier alpha value is -1.40. The standard InChI is InChI=1S/C14H19F2NO3/c1-18-10-2-3-13-11(8-10)12(4-6-20-13)17-5-7-19-9-14(15)16/h2-3,8,12,14,17H,4-7,9H2,1H3. The number of fused-ring (bicyclic) bond motifs is 1. The van der Waals surface area contributed by atoms with E-state index in [1.54, 1.807) is 7.11 Å². The molecule has 0 spiro atoms. The molecule has 1 unspecified atom stereocenters. The van der Waals surface area contributed by atoms with Crippen LogP contribution in [0.1, 0.15) is 18.0 Å². The van der Waals surface area contributed by atoms with Crippen LogP contribution >= 0.6 is 0 Å². The third-order valence-corrected chi connectivity index (χ3v) is 3.14. The Labute approximate surface area is 117 Å². The average Bonchev–Trinajstić information content (AvgIpc) is 2.46. The number of halogens is 2. The fourth-order valence-electron chi connectivity index (χ4n) is 2.19. The van der Waals surface area contributed by atoms with Crippen LogP contribution < -0.4 is 14.8 Å². The molecule has 0 fully saturated rings. The van der Waals surface area contributed by atoms with E-state index in [1.807, 2.05) is 18.2 Å². The third kappa shape index (κ3) is 4.05. The lowest BCUT2D eigenvalue weighted by Crippen LogP contribution is -2.30. The number of methoxy groups -OCH3 is 1. The molecule has 0 saturated carbocycles. The largest absolute Gasteiger partial charge is 0.497 e. The Morgan fingerprint density at radius 1 is 1.45 bits per heavy atom. The summed E-state index contributed by atoms with van der Waals surface area (Å²) in [5.74, 6) is 1.61. The van der Waals surface area contributed by atoms with Gasteiger partial charge in [0.25, 0.3) is 6.43 Å². The van der Waals surface area contributed by atoms with Crippen molar-refractivity contribution < 1.29 is 23.0 Å². The molecule has 1 aromatic rings. The van der Waals surface area contributed by atoms with Gasteiger partial charge in [-0.25, -0.2) is 8.78 Å². The zero-order valence-corrected chi connectivity index (χ0v) is 11.4. The van der Waals surface area contributed by atoms with Gasteiger partial charge in [-0.05, 0) is 18.2 Å². The highest BCUT2D eigenvalue weighted by atomic mass is 19.3. The molecular weight excluding hydrogens is 268 g/mol. The predicted octanol–water partition coefficient (Wildman–Crippen LogP) is 2.39. The number of ether oxygens (including phenoxy) is 3. The lowest BCUT2D eigenvalue weighted by atomic mass is 10.0. The van der Waals surface area contributed by atoms with Gasteiger partial charge < -0.3 is 19.5 Å². The van der Waals surface area contributed by atoms with Gasteiger partial charge in [-0.1, -0.05) is 0 Å². The molecule has 0 amide bonds. The van der Waals surface area contributed by atoms with E-state index in [9.17, 15) is 8.78 Å². The van der Waals surface area contributed by atoms with Crippen LogP contribution in [0.3, 0.4) is 0 Å². The number of nitrogens with one attached hydrogen (secondary N) is 1. The molecule has 1 atom stereocenters. The molecule has 1 heterocycles. The topological polar surface area (TPSA) is 39.7 Å². The highest BCUT2D eigenvalue weighted by molar-refractivity contribution is 5.43. The summed E-state index contributed by atoms with van der Waals surface area (Å²) in [6.45, 7) is 0.907. The summed E-state index contributed by atoms with van der Waals surface area (Å²) in [7, 11) is 1.62. The van der Waals surface area contributed by atoms with Crippen molar-refractivity contribution in [1.82, 2.24) is 5.32 Å². The Bertz CT molecular complexity index is 429. The summed E-state index contributed by atoms with van der Waals surface area (Å²) >= 11 is 0. The summed E-state index contributed by atoms with van der Waals surface area (Å²) in [6, 6.07) is 5.80. The Morgan fingerprint density at radius 2 is 2.30 bits per heavy atom. The number of benzene rings is 1. The highest BCUT2D eigenvalue weighted by Crippen LogP contribution is 2.34. The van der Waals surface area contributed by atoms with Gasteiger partial charge in [0.2, 0.25) is 0 Å². The maximum Gasteiger partial charge on any atom is 0.261 e. The van der Waals surface area contributed by atoms with Crippen molar-refractivity contribution in [2.24, 2.45) is 0 Å². The van der Waals surface area contributed by atoms with E-state index in [0.29, 0.717) is 13.2 Å². The molecule has 0 saturated heterocycles. The van der Waals surface area contributed by atoms with Crippen LogP contribution in [0.15, 0.2) is 18.2 Å². The Kier molecular flexibility index (Phi) is 5.55. The molecular formula is C14H19F2NO3. The summed E-state index contributed by atoms with van der Waals surface area (Å²) in [5, 5.41) is 3.30. The first kappa shape index (κ1) is 15.0. The lowest BCUT2D eigenvalue weighted by molar-refractivity contribution is 0.0179. The van der Waals surface area contributed by atoms with Crippen molar-refractivity contribution in [2.75, 3.05) is 33.5 Å². The van der Waals surface area contributed by atoms with Crippen LogP contribution in [0.25, 0.3) is 0 Å². The van der Waals surface area contributed by atoms with Gasteiger partial charge in [0.05, 0.1) is 20.3 Å². The van der Waals surface area contributed by atoms with Crippen molar-refractivity contribution in [1.29, 1.82) is 0 Å². The van der Waals surface area contributed by atoms with Gasteiger partial charge in [0.15, 0.2) is 0 Å². The van der Waals surface area contributed by atoms with Crippen LogP contribution in [0.5, 0.6) is 11.5 Å².